The molecule has 1 rings (SSSR count). The molecule has 0 fully saturated rings. The largest absolute Gasteiger partial charge is 0.490 e. The van der Waals surface area contributed by atoms with Gasteiger partial charge >= 0.3 is 0 Å². The van der Waals surface area contributed by atoms with E-state index in [4.69, 9.17) is 9.47 Å². The molecule has 19 heavy (non-hydrogen) atoms. The van der Waals surface area contributed by atoms with E-state index in [0.29, 0.717) is 36.9 Å². The Kier molecular flexibility index (Phi) is 6.13. The first-order valence-electron chi connectivity index (χ1n) is 6.60. The molecule has 104 valence electrons. The van der Waals surface area contributed by atoms with Crippen LogP contribution in [0.4, 0.5) is 0 Å². The molecule has 0 bridgehead atoms. The highest BCUT2D eigenvalue weighted by Gasteiger charge is 2.13. The van der Waals surface area contributed by atoms with Crippen molar-refractivity contribution in [1.29, 1.82) is 0 Å². The van der Waals surface area contributed by atoms with Gasteiger partial charge in [0.1, 0.15) is 6.29 Å². The Bertz CT molecular complexity index is 436. The van der Waals surface area contributed by atoms with Crippen LogP contribution in [-0.4, -0.2) is 19.5 Å². The predicted octanol–water partition coefficient (Wildman–Crippen LogP) is 3.66. The maximum Gasteiger partial charge on any atom is 0.164 e. The van der Waals surface area contributed by atoms with Crippen molar-refractivity contribution in [2.24, 2.45) is 5.92 Å². The first-order chi connectivity index (χ1) is 9.12. The predicted molar refractivity (Wildman–Crippen MR) is 77.2 cm³/mol. The van der Waals surface area contributed by atoms with E-state index in [0.717, 1.165) is 17.6 Å². The summed E-state index contributed by atoms with van der Waals surface area (Å²) < 4.78 is 11.4. The molecule has 3 heteroatoms. The highest BCUT2D eigenvalue weighted by Crippen LogP contribution is 2.33. The topological polar surface area (TPSA) is 35.5 Å². The molecule has 0 aliphatic heterocycles. The lowest BCUT2D eigenvalue weighted by atomic mass is 10.1. The van der Waals surface area contributed by atoms with Gasteiger partial charge in [-0.15, -0.1) is 6.58 Å². The van der Waals surface area contributed by atoms with E-state index in [9.17, 15) is 4.79 Å². The van der Waals surface area contributed by atoms with E-state index in [1.807, 2.05) is 13.0 Å². The van der Waals surface area contributed by atoms with Crippen LogP contribution in [0.5, 0.6) is 11.5 Å². The normalized spacial score (nSPS) is 10.3. The number of carbonyl (C=O) groups is 1. The van der Waals surface area contributed by atoms with Crippen molar-refractivity contribution < 1.29 is 14.3 Å². The molecule has 0 saturated carbocycles. The molecular weight excluding hydrogens is 240 g/mol. The standard InChI is InChI=1S/C16H22O3/c1-5-7-14-8-13(10-17)9-15(18-6-2)16(14)19-11-12(3)4/h5,8-10,12H,1,6-7,11H2,2-4H3. The van der Waals surface area contributed by atoms with Gasteiger partial charge in [0, 0.05) is 11.1 Å². The van der Waals surface area contributed by atoms with Crippen LogP contribution in [-0.2, 0) is 6.42 Å². The fourth-order valence-electron chi connectivity index (χ4n) is 1.74. The molecule has 0 amide bonds. The zero-order chi connectivity index (χ0) is 14.3. The van der Waals surface area contributed by atoms with Gasteiger partial charge in [-0.3, -0.25) is 4.79 Å². The van der Waals surface area contributed by atoms with Crippen molar-refractivity contribution in [3.05, 3.63) is 35.9 Å². The summed E-state index contributed by atoms with van der Waals surface area (Å²) in [6.07, 6.45) is 3.26. The minimum absolute atomic E-state index is 0.428. The van der Waals surface area contributed by atoms with Gasteiger partial charge in [-0.05, 0) is 31.4 Å². The number of rotatable bonds is 8. The molecule has 1 aromatic carbocycles. The Morgan fingerprint density at radius 3 is 2.58 bits per heavy atom. The smallest absolute Gasteiger partial charge is 0.164 e. The minimum Gasteiger partial charge on any atom is -0.490 e. The lowest BCUT2D eigenvalue weighted by Gasteiger charge is -2.17. The van der Waals surface area contributed by atoms with Crippen LogP contribution in [0, 0.1) is 5.92 Å². The van der Waals surface area contributed by atoms with Gasteiger partial charge in [-0.1, -0.05) is 19.9 Å². The highest BCUT2D eigenvalue weighted by atomic mass is 16.5. The van der Waals surface area contributed by atoms with E-state index in [-0.39, 0.29) is 0 Å². The number of carbonyl (C=O) groups excluding carboxylic acids is 1. The second kappa shape index (κ2) is 7.62. The van der Waals surface area contributed by atoms with Crippen molar-refractivity contribution in [2.45, 2.75) is 27.2 Å². The van der Waals surface area contributed by atoms with E-state index >= 15 is 0 Å². The molecule has 0 atom stereocenters. The monoisotopic (exact) mass is 262 g/mol. The van der Waals surface area contributed by atoms with Gasteiger partial charge in [0.05, 0.1) is 13.2 Å². The zero-order valence-corrected chi connectivity index (χ0v) is 11.9. The van der Waals surface area contributed by atoms with E-state index in [2.05, 4.69) is 20.4 Å². The van der Waals surface area contributed by atoms with E-state index in [1.165, 1.54) is 0 Å². The van der Waals surface area contributed by atoms with Gasteiger partial charge < -0.3 is 9.47 Å². The third kappa shape index (κ3) is 4.43. The van der Waals surface area contributed by atoms with Crippen LogP contribution < -0.4 is 9.47 Å². The first-order valence-corrected chi connectivity index (χ1v) is 6.60. The second-order valence-corrected chi connectivity index (χ2v) is 4.76. The number of ether oxygens (including phenoxy) is 2. The Morgan fingerprint density at radius 2 is 2.05 bits per heavy atom. The summed E-state index contributed by atoms with van der Waals surface area (Å²) in [5.74, 6) is 1.78. The van der Waals surface area contributed by atoms with Crippen molar-refractivity contribution in [3.8, 4) is 11.5 Å². The SMILES string of the molecule is C=CCc1cc(C=O)cc(OCC)c1OCC(C)C. The zero-order valence-electron chi connectivity index (χ0n) is 11.9. The molecule has 0 heterocycles. The maximum atomic E-state index is 11.0. The minimum atomic E-state index is 0.428. The lowest BCUT2D eigenvalue weighted by molar-refractivity contribution is 0.112. The molecule has 0 saturated heterocycles. The van der Waals surface area contributed by atoms with Crippen LogP contribution in [0.25, 0.3) is 0 Å². The first kappa shape index (κ1) is 15.3. The number of aldehydes is 1. The summed E-state index contributed by atoms with van der Waals surface area (Å²) >= 11 is 0. The fraction of sp³-hybridized carbons (Fsp3) is 0.438. The molecule has 0 radical (unpaired) electrons. The molecule has 3 nitrogen and oxygen atoms in total. The van der Waals surface area contributed by atoms with Crippen LogP contribution in [0.2, 0.25) is 0 Å². The number of hydrogen-bond acceptors (Lipinski definition) is 3. The van der Waals surface area contributed by atoms with Crippen molar-refractivity contribution in [3.63, 3.8) is 0 Å². The molecule has 0 unspecified atom stereocenters. The number of allylic oxidation sites excluding steroid dienone is 1. The third-order valence-corrected chi connectivity index (χ3v) is 2.52. The molecule has 1 aromatic rings. The van der Waals surface area contributed by atoms with Crippen molar-refractivity contribution in [1.82, 2.24) is 0 Å². The average molecular weight is 262 g/mol. The molecule has 0 N–H and O–H groups in total. The number of hydrogen-bond donors (Lipinski definition) is 0. The molecule has 0 spiro atoms. The molecule has 0 aromatic heterocycles. The van der Waals surface area contributed by atoms with Crippen LogP contribution in [0.15, 0.2) is 24.8 Å². The molecule has 0 aliphatic carbocycles. The highest BCUT2D eigenvalue weighted by molar-refractivity contribution is 5.77. The summed E-state index contributed by atoms with van der Waals surface area (Å²) in [5, 5.41) is 0. The number of benzene rings is 1. The molecule has 0 aliphatic rings. The Hall–Kier alpha value is -1.77. The average Bonchev–Trinajstić information content (AvgIpc) is 2.37. The Morgan fingerprint density at radius 1 is 1.32 bits per heavy atom. The second-order valence-electron chi connectivity index (χ2n) is 4.76. The van der Waals surface area contributed by atoms with E-state index < -0.39 is 0 Å². The molecular formula is C16H22O3. The van der Waals surface area contributed by atoms with Crippen molar-refractivity contribution >= 4 is 6.29 Å². The maximum absolute atomic E-state index is 11.0. The summed E-state index contributed by atoms with van der Waals surface area (Å²) in [6, 6.07) is 3.55. The summed E-state index contributed by atoms with van der Waals surface area (Å²) in [7, 11) is 0. The Balaban J connectivity index is 3.18. The van der Waals surface area contributed by atoms with Crippen LogP contribution >= 0.6 is 0 Å². The van der Waals surface area contributed by atoms with Crippen molar-refractivity contribution in [2.75, 3.05) is 13.2 Å². The summed E-state index contributed by atoms with van der Waals surface area (Å²) in [6.45, 7) is 11.0. The fourth-order valence-corrected chi connectivity index (χ4v) is 1.74. The van der Waals surface area contributed by atoms with Gasteiger partial charge in [0.2, 0.25) is 0 Å². The van der Waals surface area contributed by atoms with Gasteiger partial charge in [-0.25, -0.2) is 0 Å². The summed E-state index contributed by atoms with van der Waals surface area (Å²) in [4.78, 5) is 11.0. The summed E-state index contributed by atoms with van der Waals surface area (Å²) in [5.41, 5.74) is 1.53. The Labute approximate surface area is 115 Å². The quantitative estimate of drug-likeness (QED) is 0.530. The van der Waals surface area contributed by atoms with Gasteiger partial charge in [0.25, 0.3) is 0 Å². The van der Waals surface area contributed by atoms with Crippen LogP contribution in [0.1, 0.15) is 36.7 Å². The lowest BCUT2D eigenvalue weighted by Crippen LogP contribution is -2.08. The van der Waals surface area contributed by atoms with Crippen LogP contribution in [0.3, 0.4) is 0 Å². The van der Waals surface area contributed by atoms with E-state index in [1.54, 1.807) is 12.1 Å². The van der Waals surface area contributed by atoms with Gasteiger partial charge in [-0.2, -0.15) is 0 Å². The van der Waals surface area contributed by atoms with Gasteiger partial charge in [0.15, 0.2) is 11.5 Å². The third-order valence-electron chi connectivity index (χ3n) is 2.52.